The Morgan fingerprint density at radius 2 is 1.61 bits per heavy atom. The number of fused-ring (bicyclic) bond motifs is 1. The first-order chi connectivity index (χ1) is 8.41. The molecule has 4 heteroatoms. The molecule has 4 nitrogen and oxygen atoms in total. The van der Waals surface area contributed by atoms with Gasteiger partial charge in [0.15, 0.2) is 0 Å². The van der Waals surface area contributed by atoms with Crippen LogP contribution in [0.1, 0.15) is 34.1 Å². The molecule has 18 heavy (non-hydrogen) atoms. The van der Waals surface area contributed by atoms with Crippen molar-refractivity contribution in [2.24, 2.45) is 17.8 Å². The highest BCUT2D eigenvalue weighted by molar-refractivity contribution is 5.80. The van der Waals surface area contributed by atoms with Crippen LogP contribution in [0, 0.1) is 17.8 Å². The molecule has 0 aromatic rings. The van der Waals surface area contributed by atoms with Gasteiger partial charge in [0.05, 0.1) is 6.04 Å². The zero-order chi connectivity index (χ0) is 13.4. The Morgan fingerprint density at radius 3 is 2.17 bits per heavy atom. The summed E-state index contributed by atoms with van der Waals surface area (Å²) in [6.07, 6.45) is 1.05. The zero-order valence-electron chi connectivity index (χ0n) is 11.8. The number of carbonyl (C=O) groups is 2. The molecule has 2 rings (SSSR count). The molecule has 0 spiro atoms. The summed E-state index contributed by atoms with van der Waals surface area (Å²) in [6, 6.07) is 0.266. The molecule has 0 aromatic heterocycles. The van der Waals surface area contributed by atoms with Crippen molar-refractivity contribution in [3.63, 3.8) is 0 Å². The minimum Gasteiger partial charge on any atom is -0.340 e. The van der Waals surface area contributed by atoms with Crippen molar-refractivity contribution < 1.29 is 9.59 Å². The highest BCUT2D eigenvalue weighted by atomic mass is 16.2. The highest BCUT2D eigenvalue weighted by Crippen LogP contribution is 2.32. The summed E-state index contributed by atoms with van der Waals surface area (Å²) in [5, 5.41) is 0. The second kappa shape index (κ2) is 4.90. The average Bonchev–Trinajstić information content (AvgIpc) is 2.85. The number of likely N-dealkylation sites (tertiary alicyclic amines) is 2. The van der Waals surface area contributed by atoms with Gasteiger partial charge in [-0.3, -0.25) is 9.59 Å². The van der Waals surface area contributed by atoms with Crippen molar-refractivity contribution in [3.8, 4) is 0 Å². The van der Waals surface area contributed by atoms with Crippen molar-refractivity contribution in [1.82, 2.24) is 9.80 Å². The molecule has 2 heterocycles. The normalized spacial score (nSPS) is 27.2. The van der Waals surface area contributed by atoms with Gasteiger partial charge in [0, 0.05) is 37.4 Å². The van der Waals surface area contributed by atoms with E-state index in [-0.39, 0.29) is 29.7 Å². The molecule has 0 aliphatic carbocycles. The van der Waals surface area contributed by atoms with Gasteiger partial charge < -0.3 is 9.80 Å². The predicted octanol–water partition coefficient (Wildman–Crippen LogP) is 1.36. The van der Waals surface area contributed by atoms with Gasteiger partial charge in [-0.15, -0.1) is 0 Å². The topological polar surface area (TPSA) is 40.6 Å². The first kappa shape index (κ1) is 13.4. The zero-order valence-corrected chi connectivity index (χ0v) is 11.8. The van der Waals surface area contributed by atoms with Crippen molar-refractivity contribution in [2.45, 2.75) is 40.2 Å². The molecule has 102 valence electrons. The van der Waals surface area contributed by atoms with Crippen molar-refractivity contribution >= 4 is 11.8 Å². The van der Waals surface area contributed by atoms with Crippen LogP contribution in [0.3, 0.4) is 0 Å². The van der Waals surface area contributed by atoms with Crippen molar-refractivity contribution in [1.29, 1.82) is 0 Å². The third-order valence-electron chi connectivity index (χ3n) is 4.13. The van der Waals surface area contributed by atoms with Crippen LogP contribution in [-0.4, -0.2) is 47.3 Å². The van der Waals surface area contributed by atoms with E-state index in [2.05, 4.69) is 0 Å². The second-order valence-corrected chi connectivity index (χ2v) is 6.20. The number of hydrogen-bond acceptors (Lipinski definition) is 2. The van der Waals surface area contributed by atoms with Crippen molar-refractivity contribution in [3.05, 3.63) is 0 Å². The van der Waals surface area contributed by atoms with E-state index in [1.807, 2.05) is 37.5 Å². The lowest BCUT2D eigenvalue weighted by Crippen LogP contribution is -2.43. The van der Waals surface area contributed by atoms with Gasteiger partial charge in [0.2, 0.25) is 11.8 Å². The second-order valence-electron chi connectivity index (χ2n) is 6.20. The Hall–Kier alpha value is -1.06. The minimum atomic E-state index is 0.0538. The first-order valence-electron chi connectivity index (χ1n) is 7.01. The van der Waals surface area contributed by atoms with Crippen LogP contribution in [0.2, 0.25) is 0 Å². The average molecular weight is 252 g/mol. The molecule has 2 aliphatic rings. The maximum Gasteiger partial charge on any atom is 0.225 e. The SMILES string of the molecule is CC(C)C(=O)N1CC2CCN(C(=O)C(C)C)C2C1. The van der Waals surface area contributed by atoms with Gasteiger partial charge in [-0.25, -0.2) is 0 Å². The molecule has 2 unspecified atom stereocenters. The lowest BCUT2D eigenvalue weighted by Gasteiger charge is -2.27. The van der Waals surface area contributed by atoms with Crippen LogP contribution in [0.4, 0.5) is 0 Å². The molecule has 2 amide bonds. The Bertz CT molecular complexity index is 352. The molecule has 2 saturated heterocycles. The molecule has 0 aromatic carbocycles. The van der Waals surface area contributed by atoms with Gasteiger partial charge in [-0.05, 0) is 6.42 Å². The summed E-state index contributed by atoms with van der Waals surface area (Å²) in [4.78, 5) is 28.1. The number of nitrogens with zero attached hydrogens (tertiary/aromatic N) is 2. The summed E-state index contributed by atoms with van der Waals surface area (Å²) in [5.41, 5.74) is 0. The summed E-state index contributed by atoms with van der Waals surface area (Å²) >= 11 is 0. The predicted molar refractivity (Wildman–Crippen MR) is 69.9 cm³/mol. The van der Waals surface area contributed by atoms with Crippen molar-refractivity contribution in [2.75, 3.05) is 19.6 Å². The van der Waals surface area contributed by atoms with E-state index in [1.54, 1.807) is 0 Å². The molecule has 0 saturated carbocycles. The number of amides is 2. The van der Waals surface area contributed by atoms with Crippen LogP contribution in [-0.2, 0) is 9.59 Å². The fourth-order valence-corrected chi connectivity index (χ4v) is 3.11. The Balaban J connectivity index is 2.03. The maximum absolute atomic E-state index is 12.1. The Kier molecular flexibility index (Phi) is 3.64. The number of carbonyl (C=O) groups excluding carboxylic acids is 2. The van der Waals surface area contributed by atoms with E-state index in [0.717, 1.165) is 26.1 Å². The molecule has 2 fully saturated rings. The fraction of sp³-hybridized carbons (Fsp3) is 0.857. The highest BCUT2D eigenvalue weighted by Gasteiger charge is 2.45. The van der Waals surface area contributed by atoms with Crippen LogP contribution in [0.5, 0.6) is 0 Å². The molecule has 0 bridgehead atoms. The summed E-state index contributed by atoms with van der Waals surface area (Å²) < 4.78 is 0. The number of hydrogen-bond donors (Lipinski definition) is 0. The Morgan fingerprint density at radius 1 is 1.00 bits per heavy atom. The van der Waals surface area contributed by atoms with Gasteiger partial charge in [0.25, 0.3) is 0 Å². The smallest absolute Gasteiger partial charge is 0.225 e. The first-order valence-corrected chi connectivity index (χ1v) is 7.01. The maximum atomic E-state index is 12.1. The molecule has 0 radical (unpaired) electrons. The summed E-state index contributed by atoms with van der Waals surface area (Å²) in [6.45, 7) is 10.2. The van der Waals surface area contributed by atoms with Gasteiger partial charge in [-0.2, -0.15) is 0 Å². The Labute approximate surface area is 109 Å². The fourth-order valence-electron chi connectivity index (χ4n) is 3.11. The van der Waals surface area contributed by atoms with Gasteiger partial charge in [-0.1, -0.05) is 27.7 Å². The molecule has 0 N–H and O–H groups in total. The minimum absolute atomic E-state index is 0.0538. The van der Waals surface area contributed by atoms with E-state index in [4.69, 9.17) is 0 Å². The van der Waals surface area contributed by atoms with Crippen LogP contribution in [0.25, 0.3) is 0 Å². The van der Waals surface area contributed by atoms with Gasteiger partial charge in [0.1, 0.15) is 0 Å². The van der Waals surface area contributed by atoms with Crippen LogP contribution < -0.4 is 0 Å². The van der Waals surface area contributed by atoms with E-state index >= 15 is 0 Å². The summed E-state index contributed by atoms with van der Waals surface area (Å²) in [7, 11) is 0. The van der Waals surface area contributed by atoms with Crippen LogP contribution >= 0.6 is 0 Å². The van der Waals surface area contributed by atoms with E-state index in [9.17, 15) is 9.59 Å². The lowest BCUT2D eigenvalue weighted by molar-refractivity contribution is -0.137. The molecular formula is C14H24N2O2. The lowest BCUT2D eigenvalue weighted by atomic mass is 10.0. The number of rotatable bonds is 2. The van der Waals surface area contributed by atoms with E-state index < -0.39 is 0 Å². The van der Waals surface area contributed by atoms with Crippen LogP contribution in [0.15, 0.2) is 0 Å². The van der Waals surface area contributed by atoms with E-state index in [1.165, 1.54) is 0 Å². The third-order valence-corrected chi connectivity index (χ3v) is 4.13. The quantitative estimate of drug-likeness (QED) is 0.744. The largest absolute Gasteiger partial charge is 0.340 e. The van der Waals surface area contributed by atoms with E-state index in [0.29, 0.717) is 5.92 Å². The monoisotopic (exact) mass is 252 g/mol. The van der Waals surface area contributed by atoms with Gasteiger partial charge >= 0.3 is 0 Å². The third kappa shape index (κ3) is 2.25. The molecule has 2 aliphatic heterocycles. The molecular weight excluding hydrogens is 228 g/mol. The molecule has 2 atom stereocenters. The summed E-state index contributed by atoms with van der Waals surface area (Å²) in [5.74, 6) is 1.06. The standard InChI is InChI=1S/C14H24N2O2/c1-9(2)13(17)15-7-11-5-6-16(12(11)8-15)14(18)10(3)4/h9-12H,5-8H2,1-4H3.